The third-order valence-corrected chi connectivity index (χ3v) is 0.828. The number of nitrogen functional groups attached to an aromatic ring is 1. The molecule has 0 amide bonds. The molecule has 0 saturated heterocycles. The number of nitrogens with two attached hydrogens (primary N) is 1. The number of rotatable bonds is 1. The largest absolute Gasteiger partial charge is 1.00 e. The Hall–Kier alpha value is -0.510. The van der Waals surface area contributed by atoms with Gasteiger partial charge in [0.25, 0.3) is 0 Å². The van der Waals surface area contributed by atoms with Crippen molar-refractivity contribution in [3.05, 3.63) is 24.5 Å². The van der Waals surface area contributed by atoms with E-state index in [1.54, 1.807) is 12.4 Å². The van der Waals surface area contributed by atoms with Crippen LogP contribution in [0.3, 0.4) is 0 Å². The van der Waals surface area contributed by atoms with E-state index in [0.29, 0.717) is 0 Å². The molecule has 1 rings (SSSR count). The van der Waals surface area contributed by atoms with E-state index in [9.17, 15) is 0 Å². The highest BCUT2D eigenvalue weighted by molar-refractivity contribution is 5.37. The molecular weight excluding hydrogens is 173 g/mol. The lowest BCUT2D eigenvalue weighted by Crippen LogP contribution is -3.00. The van der Waals surface area contributed by atoms with Crippen LogP contribution >= 0.6 is 0 Å². The van der Waals surface area contributed by atoms with Gasteiger partial charge >= 0.3 is 0 Å². The number of anilines is 1. The van der Waals surface area contributed by atoms with Gasteiger partial charge in [-0.2, -0.15) is 0 Å². The molecule has 0 aromatic carbocycles. The minimum atomic E-state index is 0. The molecule has 1 aromatic heterocycles. The van der Waals surface area contributed by atoms with Crippen molar-refractivity contribution in [1.29, 1.82) is 0 Å². The van der Waals surface area contributed by atoms with Gasteiger partial charge < -0.3 is 30.2 Å². The standard InChI is InChI=1S/C5H7N3.2ClH/c6-8-5-2-1-3-7-4-5;;/h1-4,8H,6H2;2*1H/p-2. The second kappa shape index (κ2) is 6.61. The summed E-state index contributed by atoms with van der Waals surface area (Å²) in [5.74, 6) is 5.06. The molecule has 0 bridgehead atoms. The van der Waals surface area contributed by atoms with Crippen molar-refractivity contribution in [3.8, 4) is 0 Å². The number of nitrogens with zero attached hydrogens (tertiary/aromatic N) is 1. The average Bonchev–Trinajstić information content (AvgIpc) is 1.90. The van der Waals surface area contributed by atoms with Gasteiger partial charge in [0.1, 0.15) is 0 Å². The lowest BCUT2D eigenvalue weighted by Gasteiger charge is -1.93. The SMILES string of the molecule is NNc1cccnc1.[Cl-].[Cl-]. The summed E-state index contributed by atoms with van der Waals surface area (Å²) in [7, 11) is 0. The lowest BCUT2D eigenvalue weighted by atomic mass is 10.4. The fourth-order valence-electron chi connectivity index (χ4n) is 0.448. The Bertz CT molecular complexity index is 156. The number of pyridine rings is 1. The minimum Gasteiger partial charge on any atom is -1.00 e. The highest BCUT2D eigenvalue weighted by Gasteiger charge is 1.79. The summed E-state index contributed by atoms with van der Waals surface area (Å²) in [4.78, 5) is 3.81. The number of hydrazine groups is 1. The molecule has 0 spiro atoms. The smallest absolute Gasteiger partial charge is 0.0668 e. The van der Waals surface area contributed by atoms with Crippen LogP contribution in [-0.2, 0) is 0 Å². The fourth-order valence-corrected chi connectivity index (χ4v) is 0.448. The Morgan fingerprint density at radius 2 is 2.10 bits per heavy atom. The van der Waals surface area contributed by atoms with E-state index in [0.717, 1.165) is 5.69 Å². The van der Waals surface area contributed by atoms with Crippen LogP contribution < -0.4 is 36.1 Å². The normalized spacial score (nSPS) is 6.90. The summed E-state index contributed by atoms with van der Waals surface area (Å²) in [6, 6.07) is 3.65. The summed E-state index contributed by atoms with van der Waals surface area (Å²) in [5.41, 5.74) is 3.29. The van der Waals surface area contributed by atoms with Gasteiger partial charge in [0.15, 0.2) is 0 Å². The molecule has 5 heteroatoms. The molecule has 0 radical (unpaired) electrons. The van der Waals surface area contributed by atoms with Gasteiger partial charge in [0.2, 0.25) is 0 Å². The Kier molecular flexibility index (Phi) is 8.06. The van der Waals surface area contributed by atoms with Crippen LogP contribution in [0.5, 0.6) is 0 Å². The van der Waals surface area contributed by atoms with Gasteiger partial charge in [-0.25, -0.2) is 0 Å². The molecule has 0 saturated carbocycles. The summed E-state index contributed by atoms with van der Waals surface area (Å²) in [6.45, 7) is 0. The van der Waals surface area contributed by atoms with E-state index in [1.165, 1.54) is 0 Å². The van der Waals surface area contributed by atoms with E-state index in [4.69, 9.17) is 5.84 Å². The zero-order chi connectivity index (χ0) is 5.82. The molecule has 0 fully saturated rings. The van der Waals surface area contributed by atoms with Crippen molar-refractivity contribution >= 4 is 5.69 Å². The van der Waals surface area contributed by atoms with Gasteiger partial charge in [-0.1, -0.05) is 0 Å². The van der Waals surface area contributed by atoms with Gasteiger partial charge in [-0.15, -0.1) is 0 Å². The molecule has 3 N–H and O–H groups in total. The van der Waals surface area contributed by atoms with Crippen molar-refractivity contribution < 1.29 is 24.8 Å². The first-order valence-electron chi connectivity index (χ1n) is 2.30. The fraction of sp³-hybridized carbons (Fsp3) is 0. The zero-order valence-electron chi connectivity index (χ0n) is 5.09. The first kappa shape index (κ1) is 12.2. The molecule has 10 heavy (non-hydrogen) atoms. The quantitative estimate of drug-likeness (QED) is 0.334. The van der Waals surface area contributed by atoms with Gasteiger partial charge in [0.05, 0.1) is 11.9 Å². The van der Waals surface area contributed by atoms with Crippen molar-refractivity contribution in [2.45, 2.75) is 0 Å². The van der Waals surface area contributed by atoms with Crippen LogP contribution in [0.2, 0.25) is 0 Å². The molecule has 0 unspecified atom stereocenters. The zero-order valence-corrected chi connectivity index (χ0v) is 6.60. The number of halogens is 2. The summed E-state index contributed by atoms with van der Waals surface area (Å²) < 4.78 is 0. The second-order valence-electron chi connectivity index (χ2n) is 1.39. The summed E-state index contributed by atoms with van der Waals surface area (Å²) in [6.07, 6.45) is 3.35. The first-order chi connectivity index (χ1) is 3.93. The first-order valence-corrected chi connectivity index (χ1v) is 2.30. The van der Waals surface area contributed by atoms with Gasteiger partial charge in [-0.3, -0.25) is 10.8 Å². The van der Waals surface area contributed by atoms with Gasteiger partial charge in [-0.05, 0) is 12.1 Å². The number of hydrogen-bond donors (Lipinski definition) is 2. The second-order valence-corrected chi connectivity index (χ2v) is 1.39. The van der Waals surface area contributed by atoms with Crippen LogP contribution in [0.15, 0.2) is 24.5 Å². The van der Waals surface area contributed by atoms with Crippen molar-refractivity contribution in [2.75, 3.05) is 5.43 Å². The minimum absolute atomic E-state index is 0. The molecule has 1 aromatic rings. The molecule has 3 nitrogen and oxygen atoms in total. The summed E-state index contributed by atoms with van der Waals surface area (Å²) in [5, 5.41) is 0. The molecule has 0 aliphatic rings. The molecule has 1 heterocycles. The molecule has 0 atom stereocenters. The Morgan fingerprint density at radius 3 is 2.40 bits per heavy atom. The number of nitrogens with one attached hydrogen (secondary N) is 1. The topological polar surface area (TPSA) is 50.9 Å². The maximum atomic E-state index is 5.06. The van der Waals surface area contributed by atoms with E-state index >= 15 is 0 Å². The molecular formula is C5H7Cl2N3-2. The maximum Gasteiger partial charge on any atom is 0.0668 e. The predicted molar refractivity (Wildman–Crippen MR) is 32.0 cm³/mol. The number of hydrogen-bond acceptors (Lipinski definition) is 3. The van der Waals surface area contributed by atoms with Crippen LogP contribution in [0.25, 0.3) is 0 Å². The Labute approximate surface area is 71.8 Å². The predicted octanol–water partition coefficient (Wildman–Crippen LogP) is -5.62. The monoisotopic (exact) mass is 179 g/mol. The Balaban J connectivity index is 0. The number of aromatic nitrogens is 1. The maximum absolute atomic E-state index is 5.06. The lowest BCUT2D eigenvalue weighted by molar-refractivity contribution is -0.001000. The Morgan fingerprint density at radius 1 is 1.40 bits per heavy atom. The van der Waals surface area contributed by atoms with E-state index in [-0.39, 0.29) is 24.8 Å². The van der Waals surface area contributed by atoms with Crippen molar-refractivity contribution in [2.24, 2.45) is 5.84 Å². The van der Waals surface area contributed by atoms with E-state index in [1.807, 2.05) is 12.1 Å². The van der Waals surface area contributed by atoms with Crippen LogP contribution in [-0.4, -0.2) is 4.98 Å². The van der Waals surface area contributed by atoms with E-state index in [2.05, 4.69) is 10.4 Å². The van der Waals surface area contributed by atoms with Crippen LogP contribution in [0, 0.1) is 0 Å². The average molecular weight is 180 g/mol. The molecule has 0 aliphatic carbocycles. The summed E-state index contributed by atoms with van der Waals surface area (Å²) >= 11 is 0. The van der Waals surface area contributed by atoms with Crippen LogP contribution in [0.4, 0.5) is 5.69 Å². The van der Waals surface area contributed by atoms with Crippen LogP contribution in [0.1, 0.15) is 0 Å². The van der Waals surface area contributed by atoms with Crippen molar-refractivity contribution in [3.63, 3.8) is 0 Å². The highest BCUT2D eigenvalue weighted by atomic mass is 35.5. The molecule has 58 valence electrons. The van der Waals surface area contributed by atoms with Crippen molar-refractivity contribution in [1.82, 2.24) is 4.98 Å². The van der Waals surface area contributed by atoms with E-state index < -0.39 is 0 Å². The molecule has 0 aliphatic heterocycles. The third-order valence-electron chi connectivity index (χ3n) is 0.828. The van der Waals surface area contributed by atoms with Gasteiger partial charge in [0, 0.05) is 6.20 Å². The third kappa shape index (κ3) is 3.50. The highest BCUT2D eigenvalue weighted by Crippen LogP contribution is 1.97.